The maximum atomic E-state index is 13.1. The van der Waals surface area contributed by atoms with Gasteiger partial charge in [-0.1, -0.05) is 72.8 Å². The third-order valence-electron chi connectivity index (χ3n) is 4.59. The van der Waals surface area contributed by atoms with Gasteiger partial charge in [0.25, 0.3) is 5.91 Å². The Balaban J connectivity index is 1.70. The third-order valence-corrected chi connectivity index (χ3v) is 4.59. The molecule has 0 saturated heterocycles. The molecule has 3 aromatic rings. The van der Waals surface area contributed by atoms with Gasteiger partial charge in [0.05, 0.1) is 13.7 Å². The molecule has 144 valence electrons. The molecule has 0 saturated carbocycles. The lowest BCUT2D eigenvalue weighted by molar-refractivity contribution is -0.130. The molecule has 0 unspecified atom stereocenters. The van der Waals surface area contributed by atoms with E-state index in [0.29, 0.717) is 18.1 Å². The second-order valence-corrected chi connectivity index (χ2v) is 6.62. The van der Waals surface area contributed by atoms with Crippen molar-refractivity contribution in [2.45, 2.75) is 6.54 Å². The molecule has 1 amide bonds. The number of benzene rings is 3. The number of aliphatic imine (C=N–C) groups is 1. The Morgan fingerprint density at radius 3 is 2.24 bits per heavy atom. The maximum Gasteiger partial charge on any atom is 0.291 e. The van der Waals surface area contributed by atoms with Gasteiger partial charge in [-0.2, -0.15) is 0 Å². The first-order valence-electron chi connectivity index (χ1n) is 9.35. The average molecular weight is 383 g/mol. The van der Waals surface area contributed by atoms with E-state index in [-0.39, 0.29) is 5.91 Å². The van der Waals surface area contributed by atoms with Gasteiger partial charge < -0.3 is 4.74 Å². The molecule has 0 bridgehead atoms. The highest BCUT2D eigenvalue weighted by Crippen LogP contribution is 2.19. The molecule has 0 aliphatic carbocycles. The van der Waals surface area contributed by atoms with E-state index in [1.54, 1.807) is 18.2 Å². The van der Waals surface area contributed by atoms with Crippen molar-refractivity contribution in [1.29, 1.82) is 0 Å². The first-order valence-corrected chi connectivity index (χ1v) is 9.35. The summed E-state index contributed by atoms with van der Waals surface area (Å²) in [5.74, 6) is 1.23. The van der Waals surface area contributed by atoms with E-state index in [4.69, 9.17) is 4.74 Å². The minimum Gasteiger partial charge on any atom is -0.497 e. The van der Waals surface area contributed by atoms with Crippen LogP contribution in [0, 0.1) is 0 Å². The Labute approximate surface area is 169 Å². The van der Waals surface area contributed by atoms with Crippen molar-refractivity contribution in [1.82, 2.24) is 10.4 Å². The largest absolute Gasteiger partial charge is 0.497 e. The van der Waals surface area contributed by atoms with Crippen LogP contribution in [0.5, 0.6) is 5.75 Å². The standard InChI is InChI=1S/C24H21N3O2/c1-29-21-14-12-18(13-15-21)16-22-24(28)27(17-19-8-4-2-5-9-19)26-23(25-22)20-10-6-3-7-11-20/h2-16H,17H2,1H3,(H,25,26)/b22-16+. The zero-order valence-corrected chi connectivity index (χ0v) is 16.1. The van der Waals surface area contributed by atoms with E-state index in [1.807, 2.05) is 84.9 Å². The zero-order chi connectivity index (χ0) is 20.1. The quantitative estimate of drug-likeness (QED) is 0.677. The van der Waals surface area contributed by atoms with Crippen molar-refractivity contribution in [3.05, 3.63) is 107 Å². The summed E-state index contributed by atoms with van der Waals surface area (Å²) in [6, 6.07) is 27.2. The summed E-state index contributed by atoms with van der Waals surface area (Å²) in [7, 11) is 1.63. The van der Waals surface area contributed by atoms with Crippen LogP contribution in [0.25, 0.3) is 6.08 Å². The van der Waals surface area contributed by atoms with Crippen molar-refractivity contribution in [2.75, 3.05) is 7.11 Å². The second-order valence-electron chi connectivity index (χ2n) is 6.62. The normalized spacial score (nSPS) is 15.1. The highest BCUT2D eigenvalue weighted by molar-refractivity contribution is 6.09. The monoisotopic (exact) mass is 383 g/mol. The number of amidine groups is 1. The predicted molar refractivity (Wildman–Crippen MR) is 114 cm³/mol. The fourth-order valence-electron chi connectivity index (χ4n) is 3.06. The molecule has 0 fully saturated rings. The molecule has 0 atom stereocenters. The number of hydrogen-bond donors (Lipinski definition) is 1. The number of carbonyl (C=O) groups excluding carboxylic acids is 1. The zero-order valence-electron chi connectivity index (χ0n) is 16.1. The van der Waals surface area contributed by atoms with Gasteiger partial charge in [-0.25, -0.2) is 10.0 Å². The van der Waals surface area contributed by atoms with Gasteiger partial charge in [0.15, 0.2) is 5.84 Å². The van der Waals surface area contributed by atoms with Gasteiger partial charge >= 0.3 is 0 Å². The van der Waals surface area contributed by atoms with Crippen molar-refractivity contribution in [3.8, 4) is 5.75 Å². The van der Waals surface area contributed by atoms with Gasteiger partial charge in [0.1, 0.15) is 11.4 Å². The van der Waals surface area contributed by atoms with Gasteiger partial charge in [0, 0.05) is 5.56 Å². The Morgan fingerprint density at radius 1 is 0.931 bits per heavy atom. The Morgan fingerprint density at radius 2 is 1.59 bits per heavy atom. The van der Waals surface area contributed by atoms with E-state index in [9.17, 15) is 4.79 Å². The molecular formula is C24H21N3O2. The van der Waals surface area contributed by atoms with Crippen molar-refractivity contribution in [3.63, 3.8) is 0 Å². The van der Waals surface area contributed by atoms with E-state index in [1.165, 1.54) is 0 Å². The number of nitrogens with one attached hydrogen (secondary N) is 1. The number of carbonyl (C=O) groups is 1. The molecule has 0 radical (unpaired) electrons. The minimum absolute atomic E-state index is 0.177. The van der Waals surface area contributed by atoms with E-state index in [2.05, 4.69) is 10.4 Å². The Kier molecular flexibility index (Phi) is 5.38. The van der Waals surface area contributed by atoms with Crippen LogP contribution in [-0.4, -0.2) is 23.9 Å². The lowest BCUT2D eigenvalue weighted by Crippen LogP contribution is -2.49. The predicted octanol–water partition coefficient (Wildman–Crippen LogP) is 4.03. The summed E-state index contributed by atoms with van der Waals surface area (Å²) in [5, 5.41) is 1.60. The van der Waals surface area contributed by atoms with Crippen LogP contribution in [0.2, 0.25) is 0 Å². The van der Waals surface area contributed by atoms with Crippen molar-refractivity contribution >= 4 is 17.8 Å². The molecular weight excluding hydrogens is 362 g/mol. The Hall–Kier alpha value is -3.86. The van der Waals surface area contributed by atoms with Gasteiger partial charge in [0.2, 0.25) is 0 Å². The summed E-state index contributed by atoms with van der Waals surface area (Å²) in [6.07, 6.45) is 1.80. The van der Waals surface area contributed by atoms with E-state index >= 15 is 0 Å². The van der Waals surface area contributed by atoms with Gasteiger partial charge in [-0.05, 0) is 29.3 Å². The van der Waals surface area contributed by atoms with Gasteiger partial charge in [-0.15, -0.1) is 0 Å². The van der Waals surface area contributed by atoms with Gasteiger partial charge in [-0.3, -0.25) is 10.2 Å². The van der Waals surface area contributed by atoms with E-state index < -0.39 is 0 Å². The van der Waals surface area contributed by atoms with Crippen LogP contribution in [-0.2, 0) is 11.3 Å². The number of ether oxygens (including phenoxy) is 1. The third kappa shape index (κ3) is 4.35. The molecule has 29 heavy (non-hydrogen) atoms. The van der Waals surface area contributed by atoms with E-state index in [0.717, 1.165) is 22.4 Å². The Bertz CT molecular complexity index is 1040. The SMILES string of the molecule is COc1ccc(/C=C2/N=C(c3ccccc3)NN(Cc3ccccc3)C2=O)cc1. The van der Waals surface area contributed by atoms with Crippen molar-refractivity contribution < 1.29 is 9.53 Å². The molecule has 5 nitrogen and oxygen atoms in total. The maximum absolute atomic E-state index is 13.1. The molecule has 1 heterocycles. The fraction of sp³-hybridized carbons (Fsp3) is 0.0833. The van der Waals surface area contributed by atoms with Crippen LogP contribution in [0.1, 0.15) is 16.7 Å². The highest BCUT2D eigenvalue weighted by Gasteiger charge is 2.26. The topological polar surface area (TPSA) is 53.9 Å². The minimum atomic E-state index is -0.177. The highest BCUT2D eigenvalue weighted by atomic mass is 16.5. The van der Waals surface area contributed by atoms with Crippen LogP contribution >= 0.6 is 0 Å². The van der Waals surface area contributed by atoms with Crippen molar-refractivity contribution in [2.24, 2.45) is 4.99 Å². The summed E-state index contributed by atoms with van der Waals surface area (Å²) < 4.78 is 5.21. The fourth-order valence-corrected chi connectivity index (χ4v) is 3.06. The lowest BCUT2D eigenvalue weighted by Gasteiger charge is -2.29. The van der Waals surface area contributed by atoms with Crippen LogP contribution in [0.4, 0.5) is 0 Å². The molecule has 0 spiro atoms. The summed E-state index contributed by atoms with van der Waals surface area (Å²) >= 11 is 0. The molecule has 3 aromatic carbocycles. The summed E-state index contributed by atoms with van der Waals surface area (Å²) in [5.41, 5.74) is 6.38. The first kappa shape index (κ1) is 18.5. The summed E-state index contributed by atoms with van der Waals surface area (Å²) in [6.45, 7) is 0.436. The van der Waals surface area contributed by atoms with Crippen LogP contribution in [0.15, 0.2) is 95.6 Å². The molecule has 4 rings (SSSR count). The number of hydrazine groups is 1. The van der Waals surface area contributed by atoms with Crippen LogP contribution < -0.4 is 10.2 Å². The number of rotatable bonds is 5. The molecule has 5 heteroatoms. The lowest BCUT2D eigenvalue weighted by atomic mass is 10.1. The first-order chi connectivity index (χ1) is 14.2. The average Bonchev–Trinajstić information content (AvgIpc) is 2.78. The molecule has 1 aliphatic rings. The number of amides is 1. The number of methoxy groups -OCH3 is 1. The summed E-state index contributed by atoms with van der Waals surface area (Å²) in [4.78, 5) is 17.7. The molecule has 0 aromatic heterocycles. The molecule has 1 N–H and O–H groups in total. The molecule has 1 aliphatic heterocycles. The smallest absolute Gasteiger partial charge is 0.291 e. The number of nitrogens with zero attached hydrogens (tertiary/aromatic N) is 2. The van der Waals surface area contributed by atoms with Crippen LogP contribution in [0.3, 0.4) is 0 Å². The second kappa shape index (κ2) is 8.44. The number of hydrogen-bond acceptors (Lipinski definition) is 4.